The predicted octanol–water partition coefficient (Wildman–Crippen LogP) is 1.07. The molecule has 0 aliphatic carbocycles. The van der Waals surface area contributed by atoms with Crippen LogP contribution in [0.4, 0.5) is 4.79 Å². The molecule has 0 radical (unpaired) electrons. The van der Waals surface area contributed by atoms with Crippen LogP contribution in [0.5, 0.6) is 0 Å². The summed E-state index contributed by atoms with van der Waals surface area (Å²) in [6.07, 6.45) is 1.56. The minimum Gasteiger partial charge on any atom is -0.315 e. The summed E-state index contributed by atoms with van der Waals surface area (Å²) in [5.41, 5.74) is 0. The van der Waals surface area contributed by atoms with Crippen LogP contribution in [0, 0.1) is 0 Å². The monoisotopic (exact) mass is 216 g/mol. The number of amides is 2. The lowest BCUT2D eigenvalue weighted by Gasteiger charge is -2.23. The average Bonchev–Trinajstić information content (AvgIpc) is 2.16. The Bertz CT molecular complexity index is 205. The van der Waals surface area contributed by atoms with Gasteiger partial charge in [-0.2, -0.15) is 0 Å². The third-order valence-corrected chi connectivity index (χ3v) is 2.88. The van der Waals surface area contributed by atoms with Crippen molar-refractivity contribution >= 4 is 22.9 Å². The minimum absolute atomic E-state index is 0.0351. The number of carbonyl (C=O) groups is 2. The molecule has 0 spiro atoms. The van der Waals surface area contributed by atoms with Gasteiger partial charge in [0, 0.05) is 25.3 Å². The van der Waals surface area contributed by atoms with Crippen LogP contribution in [-0.4, -0.2) is 41.4 Å². The molecule has 1 fully saturated rings. The van der Waals surface area contributed by atoms with Crippen molar-refractivity contribution in [1.82, 2.24) is 10.2 Å². The Morgan fingerprint density at radius 3 is 2.86 bits per heavy atom. The number of imide groups is 1. The molecule has 14 heavy (non-hydrogen) atoms. The Kier molecular flexibility index (Phi) is 4.97. The van der Waals surface area contributed by atoms with Crippen molar-refractivity contribution in [3.8, 4) is 0 Å². The number of hydrogen-bond donors (Lipinski definition) is 1. The smallest absolute Gasteiger partial charge is 0.288 e. The largest absolute Gasteiger partial charge is 0.315 e. The summed E-state index contributed by atoms with van der Waals surface area (Å²) in [4.78, 5) is 24.0. The first-order valence-corrected chi connectivity index (χ1v) is 5.92. The zero-order valence-corrected chi connectivity index (χ0v) is 9.23. The SMILES string of the molecule is CCCNCCN1C(=O)CCSC1=O. The first kappa shape index (κ1) is 11.5. The normalized spacial score (nSPS) is 17.6. The van der Waals surface area contributed by atoms with Crippen molar-refractivity contribution in [1.29, 1.82) is 0 Å². The molecule has 0 aromatic rings. The summed E-state index contributed by atoms with van der Waals surface area (Å²) in [6.45, 7) is 4.22. The van der Waals surface area contributed by atoms with Crippen molar-refractivity contribution < 1.29 is 9.59 Å². The molecular formula is C9H16N2O2S. The highest BCUT2D eigenvalue weighted by Crippen LogP contribution is 2.17. The van der Waals surface area contributed by atoms with E-state index in [1.54, 1.807) is 0 Å². The van der Waals surface area contributed by atoms with Gasteiger partial charge in [-0.25, -0.2) is 0 Å². The van der Waals surface area contributed by atoms with Gasteiger partial charge in [-0.3, -0.25) is 14.5 Å². The van der Waals surface area contributed by atoms with Crippen LogP contribution in [0.15, 0.2) is 0 Å². The average molecular weight is 216 g/mol. The number of hydrogen-bond acceptors (Lipinski definition) is 4. The van der Waals surface area contributed by atoms with Crippen molar-refractivity contribution in [3.63, 3.8) is 0 Å². The van der Waals surface area contributed by atoms with Gasteiger partial charge in [0.25, 0.3) is 5.24 Å². The zero-order chi connectivity index (χ0) is 10.4. The maximum absolute atomic E-state index is 11.3. The molecule has 0 aromatic heterocycles. The molecule has 1 aliphatic heterocycles. The molecule has 0 saturated carbocycles. The summed E-state index contributed by atoms with van der Waals surface area (Å²) in [6, 6.07) is 0. The molecule has 0 unspecified atom stereocenters. The lowest BCUT2D eigenvalue weighted by atomic mass is 10.4. The summed E-state index contributed by atoms with van der Waals surface area (Å²) in [7, 11) is 0. The van der Waals surface area contributed by atoms with Crippen LogP contribution in [0.1, 0.15) is 19.8 Å². The molecule has 0 atom stereocenters. The van der Waals surface area contributed by atoms with E-state index in [9.17, 15) is 9.59 Å². The fourth-order valence-electron chi connectivity index (χ4n) is 1.25. The van der Waals surface area contributed by atoms with Gasteiger partial charge in [0.05, 0.1) is 0 Å². The quantitative estimate of drug-likeness (QED) is 0.698. The van der Waals surface area contributed by atoms with Crippen molar-refractivity contribution in [2.45, 2.75) is 19.8 Å². The first-order chi connectivity index (χ1) is 6.75. The topological polar surface area (TPSA) is 49.4 Å². The van der Waals surface area contributed by atoms with E-state index >= 15 is 0 Å². The van der Waals surface area contributed by atoms with E-state index in [0.29, 0.717) is 25.3 Å². The Labute approximate surface area is 88.4 Å². The maximum atomic E-state index is 11.3. The molecular weight excluding hydrogens is 200 g/mol. The van der Waals surface area contributed by atoms with Gasteiger partial charge in [-0.05, 0) is 13.0 Å². The Hall–Kier alpha value is -0.550. The van der Waals surface area contributed by atoms with E-state index in [1.807, 2.05) is 0 Å². The number of carbonyl (C=O) groups excluding carboxylic acids is 2. The lowest BCUT2D eigenvalue weighted by Crippen LogP contribution is -2.42. The standard InChI is InChI=1S/C9H16N2O2S/c1-2-4-10-5-6-11-8(12)3-7-14-9(11)13/h10H,2-7H2,1H3. The van der Waals surface area contributed by atoms with E-state index in [4.69, 9.17) is 0 Å². The van der Waals surface area contributed by atoms with Crippen molar-refractivity contribution in [2.24, 2.45) is 0 Å². The van der Waals surface area contributed by atoms with Gasteiger partial charge in [-0.1, -0.05) is 18.7 Å². The molecule has 0 aromatic carbocycles. The molecule has 1 heterocycles. The highest BCUT2D eigenvalue weighted by atomic mass is 32.2. The van der Waals surface area contributed by atoms with Gasteiger partial charge in [-0.15, -0.1) is 0 Å². The Morgan fingerprint density at radius 1 is 1.43 bits per heavy atom. The lowest BCUT2D eigenvalue weighted by molar-refractivity contribution is -0.127. The number of nitrogens with zero attached hydrogens (tertiary/aromatic N) is 1. The van der Waals surface area contributed by atoms with E-state index in [0.717, 1.165) is 13.0 Å². The molecule has 5 heteroatoms. The summed E-state index contributed by atoms with van der Waals surface area (Å²) >= 11 is 1.23. The fourth-order valence-corrected chi connectivity index (χ4v) is 2.05. The van der Waals surface area contributed by atoms with Crippen LogP contribution in [0.2, 0.25) is 0 Å². The van der Waals surface area contributed by atoms with Gasteiger partial charge >= 0.3 is 0 Å². The van der Waals surface area contributed by atoms with Gasteiger partial charge in [0.2, 0.25) is 5.91 Å². The van der Waals surface area contributed by atoms with Gasteiger partial charge in [0.15, 0.2) is 0 Å². The third-order valence-electron chi connectivity index (χ3n) is 2.00. The number of thioether (sulfide) groups is 1. The number of nitrogens with one attached hydrogen (secondary N) is 1. The van der Waals surface area contributed by atoms with Crippen molar-refractivity contribution in [2.75, 3.05) is 25.4 Å². The first-order valence-electron chi connectivity index (χ1n) is 4.93. The van der Waals surface area contributed by atoms with Gasteiger partial charge in [0.1, 0.15) is 0 Å². The summed E-state index contributed by atoms with van der Waals surface area (Å²) in [5.74, 6) is 0.600. The molecule has 2 amide bonds. The molecule has 0 bridgehead atoms. The van der Waals surface area contributed by atoms with E-state index < -0.39 is 0 Å². The second kappa shape index (κ2) is 6.03. The third kappa shape index (κ3) is 3.31. The van der Waals surface area contributed by atoms with Crippen LogP contribution in [0.3, 0.4) is 0 Å². The van der Waals surface area contributed by atoms with Crippen LogP contribution in [0.25, 0.3) is 0 Å². The number of rotatable bonds is 5. The highest BCUT2D eigenvalue weighted by molar-refractivity contribution is 8.13. The fraction of sp³-hybridized carbons (Fsp3) is 0.778. The maximum Gasteiger partial charge on any atom is 0.288 e. The minimum atomic E-state index is -0.0976. The summed E-state index contributed by atoms with van der Waals surface area (Å²) < 4.78 is 0. The predicted molar refractivity (Wildman–Crippen MR) is 57.3 cm³/mol. The Morgan fingerprint density at radius 2 is 2.21 bits per heavy atom. The second-order valence-corrected chi connectivity index (χ2v) is 4.21. The van der Waals surface area contributed by atoms with Gasteiger partial charge < -0.3 is 5.32 Å². The van der Waals surface area contributed by atoms with Crippen molar-refractivity contribution in [3.05, 3.63) is 0 Å². The van der Waals surface area contributed by atoms with Crippen LogP contribution >= 0.6 is 11.8 Å². The molecule has 1 rings (SSSR count). The molecule has 80 valence electrons. The van der Waals surface area contributed by atoms with E-state index in [-0.39, 0.29) is 11.1 Å². The molecule has 1 aliphatic rings. The molecule has 1 N–H and O–H groups in total. The second-order valence-electron chi connectivity index (χ2n) is 3.16. The Balaban J connectivity index is 2.26. The van der Waals surface area contributed by atoms with E-state index in [2.05, 4.69) is 12.2 Å². The zero-order valence-electron chi connectivity index (χ0n) is 8.41. The van der Waals surface area contributed by atoms with E-state index in [1.165, 1.54) is 16.7 Å². The highest BCUT2D eigenvalue weighted by Gasteiger charge is 2.25. The summed E-state index contributed by atoms with van der Waals surface area (Å²) in [5, 5.41) is 3.07. The van der Waals surface area contributed by atoms with Crippen LogP contribution in [-0.2, 0) is 4.79 Å². The molecule has 1 saturated heterocycles. The molecule has 4 nitrogen and oxygen atoms in total. The van der Waals surface area contributed by atoms with Crippen LogP contribution < -0.4 is 5.32 Å².